The first-order chi connectivity index (χ1) is 9.49. The smallest absolute Gasteiger partial charge is 0.307 e. The first-order valence-corrected chi connectivity index (χ1v) is 6.60. The van der Waals surface area contributed by atoms with Gasteiger partial charge in [-0.05, 0) is 41.5 Å². The maximum atomic E-state index is 10.8. The number of carboxylic acid groups (broad SMARTS) is 1. The third-order valence-electron chi connectivity index (χ3n) is 2.79. The Morgan fingerprint density at radius 3 is 2.35 bits per heavy atom. The van der Waals surface area contributed by atoms with Crippen molar-refractivity contribution < 1.29 is 14.6 Å². The fraction of sp³-hybridized carbons (Fsp3) is 0.133. The molecule has 0 saturated carbocycles. The second-order valence-corrected chi connectivity index (χ2v) is 5.14. The summed E-state index contributed by atoms with van der Waals surface area (Å²) in [7, 11) is 1.56. The molecule has 0 amide bonds. The van der Waals surface area contributed by atoms with E-state index in [1.54, 1.807) is 43.5 Å². The van der Waals surface area contributed by atoms with E-state index in [2.05, 4.69) is 0 Å². The summed E-state index contributed by atoms with van der Waals surface area (Å²) in [6, 6.07) is 10.4. The van der Waals surface area contributed by atoms with Gasteiger partial charge in [-0.3, -0.25) is 4.79 Å². The number of aliphatic carboxylic acids is 1. The van der Waals surface area contributed by atoms with Gasteiger partial charge in [-0.15, -0.1) is 0 Å². The third-order valence-corrected chi connectivity index (χ3v) is 3.23. The summed E-state index contributed by atoms with van der Waals surface area (Å²) in [5.41, 5.74) is 2.23. The molecule has 0 aliphatic rings. The number of carbonyl (C=O) groups is 1. The fourth-order valence-electron chi connectivity index (χ4n) is 1.97. The lowest BCUT2D eigenvalue weighted by Gasteiger charge is -2.11. The van der Waals surface area contributed by atoms with Crippen LogP contribution < -0.4 is 4.74 Å². The van der Waals surface area contributed by atoms with Gasteiger partial charge in [-0.1, -0.05) is 29.3 Å². The largest absolute Gasteiger partial charge is 0.496 e. The minimum Gasteiger partial charge on any atom is -0.496 e. The number of hydrogen-bond acceptors (Lipinski definition) is 2. The topological polar surface area (TPSA) is 46.5 Å². The van der Waals surface area contributed by atoms with Crippen LogP contribution in [0, 0.1) is 0 Å². The van der Waals surface area contributed by atoms with Gasteiger partial charge in [0.05, 0.1) is 13.5 Å². The second kappa shape index (κ2) is 6.16. The van der Waals surface area contributed by atoms with Gasteiger partial charge in [0.25, 0.3) is 0 Å². The Labute approximate surface area is 126 Å². The maximum absolute atomic E-state index is 10.8. The van der Waals surface area contributed by atoms with E-state index < -0.39 is 5.97 Å². The normalized spacial score (nSPS) is 10.3. The van der Waals surface area contributed by atoms with Gasteiger partial charge in [0, 0.05) is 15.6 Å². The van der Waals surface area contributed by atoms with Crippen LogP contribution in [-0.2, 0) is 11.2 Å². The molecule has 5 heteroatoms. The molecule has 0 saturated heterocycles. The first-order valence-electron chi connectivity index (χ1n) is 5.85. The van der Waals surface area contributed by atoms with Gasteiger partial charge in [0.2, 0.25) is 0 Å². The molecular weight excluding hydrogens is 299 g/mol. The summed E-state index contributed by atoms with van der Waals surface area (Å²) in [5.74, 6) is -0.247. The van der Waals surface area contributed by atoms with E-state index >= 15 is 0 Å². The van der Waals surface area contributed by atoms with Crippen LogP contribution in [0.1, 0.15) is 5.56 Å². The average Bonchev–Trinajstić information content (AvgIpc) is 2.36. The Morgan fingerprint density at radius 2 is 1.80 bits per heavy atom. The molecule has 0 unspecified atom stereocenters. The standard InChI is InChI=1S/C15H12Cl2O3/c1-20-14-3-2-9(5-15(18)19)4-13(14)10-6-11(16)8-12(17)7-10/h2-4,6-8H,5H2,1H3,(H,18,19). The van der Waals surface area contributed by atoms with Crippen molar-refractivity contribution in [2.24, 2.45) is 0 Å². The van der Waals surface area contributed by atoms with Crippen molar-refractivity contribution >= 4 is 29.2 Å². The second-order valence-electron chi connectivity index (χ2n) is 4.26. The molecule has 0 aliphatic heterocycles. The highest BCUT2D eigenvalue weighted by Gasteiger charge is 2.10. The monoisotopic (exact) mass is 310 g/mol. The van der Waals surface area contributed by atoms with Crippen molar-refractivity contribution in [3.8, 4) is 16.9 Å². The number of rotatable bonds is 4. The van der Waals surface area contributed by atoms with E-state index in [0.29, 0.717) is 21.4 Å². The molecule has 2 aromatic rings. The van der Waals surface area contributed by atoms with Crippen molar-refractivity contribution in [2.45, 2.75) is 6.42 Å². The van der Waals surface area contributed by atoms with E-state index in [1.807, 2.05) is 0 Å². The molecule has 0 aliphatic carbocycles. The molecule has 104 valence electrons. The van der Waals surface area contributed by atoms with E-state index in [1.165, 1.54) is 0 Å². The lowest BCUT2D eigenvalue weighted by atomic mass is 10.0. The van der Waals surface area contributed by atoms with Gasteiger partial charge >= 0.3 is 5.97 Å². The molecule has 3 nitrogen and oxygen atoms in total. The summed E-state index contributed by atoms with van der Waals surface area (Å²) in [6.45, 7) is 0. The highest BCUT2D eigenvalue weighted by Crippen LogP contribution is 2.34. The molecule has 20 heavy (non-hydrogen) atoms. The molecule has 2 aromatic carbocycles. The molecule has 2 rings (SSSR count). The summed E-state index contributed by atoms with van der Waals surface area (Å²) in [4.78, 5) is 10.8. The van der Waals surface area contributed by atoms with Crippen molar-refractivity contribution in [3.63, 3.8) is 0 Å². The average molecular weight is 311 g/mol. The number of methoxy groups -OCH3 is 1. The third kappa shape index (κ3) is 3.44. The number of carboxylic acids is 1. The molecule has 1 N–H and O–H groups in total. The Morgan fingerprint density at radius 1 is 1.15 bits per heavy atom. The van der Waals surface area contributed by atoms with Crippen LogP contribution in [-0.4, -0.2) is 18.2 Å². The Kier molecular flexibility index (Phi) is 4.53. The Hall–Kier alpha value is -1.71. The van der Waals surface area contributed by atoms with Crippen LogP contribution in [0.3, 0.4) is 0 Å². The van der Waals surface area contributed by atoms with Crippen LogP contribution in [0.25, 0.3) is 11.1 Å². The minimum absolute atomic E-state index is 0.0503. The number of benzene rings is 2. The summed E-state index contributed by atoms with van der Waals surface area (Å²) >= 11 is 12.0. The van der Waals surface area contributed by atoms with Gasteiger partial charge in [0.15, 0.2) is 0 Å². The van der Waals surface area contributed by atoms with E-state index in [0.717, 1.165) is 11.1 Å². The zero-order valence-electron chi connectivity index (χ0n) is 10.7. The lowest BCUT2D eigenvalue weighted by molar-refractivity contribution is -0.136. The molecule has 0 bridgehead atoms. The van der Waals surface area contributed by atoms with Crippen molar-refractivity contribution in [1.82, 2.24) is 0 Å². The minimum atomic E-state index is -0.884. The van der Waals surface area contributed by atoms with Gasteiger partial charge < -0.3 is 9.84 Å². The molecule has 0 fully saturated rings. The Bertz CT molecular complexity index is 633. The molecule has 0 spiro atoms. The number of halogens is 2. The van der Waals surface area contributed by atoms with Crippen LogP contribution in [0.15, 0.2) is 36.4 Å². The fourth-order valence-corrected chi connectivity index (χ4v) is 2.50. The quantitative estimate of drug-likeness (QED) is 0.916. The lowest BCUT2D eigenvalue weighted by Crippen LogP contribution is -2.00. The summed E-state index contributed by atoms with van der Waals surface area (Å²) < 4.78 is 5.31. The predicted octanol–water partition coefficient (Wildman–Crippen LogP) is 4.30. The van der Waals surface area contributed by atoms with Crippen LogP contribution in [0.5, 0.6) is 5.75 Å². The number of hydrogen-bond donors (Lipinski definition) is 1. The molecule has 0 aromatic heterocycles. The highest BCUT2D eigenvalue weighted by atomic mass is 35.5. The van der Waals surface area contributed by atoms with Gasteiger partial charge in [-0.2, -0.15) is 0 Å². The highest BCUT2D eigenvalue weighted by molar-refractivity contribution is 6.35. The SMILES string of the molecule is COc1ccc(CC(=O)O)cc1-c1cc(Cl)cc(Cl)c1. The molecular formula is C15H12Cl2O3. The molecule has 0 radical (unpaired) electrons. The van der Waals surface area contributed by atoms with Crippen molar-refractivity contribution in [3.05, 3.63) is 52.0 Å². The molecule has 0 atom stereocenters. The van der Waals surface area contributed by atoms with Crippen molar-refractivity contribution in [2.75, 3.05) is 7.11 Å². The Balaban J connectivity index is 2.54. The maximum Gasteiger partial charge on any atom is 0.307 e. The predicted molar refractivity (Wildman–Crippen MR) is 79.8 cm³/mol. The van der Waals surface area contributed by atoms with E-state index in [4.69, 9.17) is 33.0 Å². The zero-order valence-corrected chi connectivity index (χ0v) is 12.2. The van der Waals surface area contributed by atoms with Crippen molar-refractivity contribution in [1.29, 1.82) is 0 Å². The number of ether oxygens (including phenoxy) is 1. The molecule has 0 heterocycles. The summed E-state index contributed by atoms with van der Waals surface area (Å²) in [5, 5.41) is 9.89. The van der Waals surface area contributed by atoms with Gasteiger partial charge in [-0.25, -0.2) is 0 Å². The van der Waals surface area contributed by atoms with E-state index in [9.17, 15) is 4.79 Å². The van der Waals surface area contributed by atoms with Gasteiger partial charge in [0.1, 0.15) is 5.75 Å². The van der Waals surface area contributed by atoms with Crippen LogP contribution >= 0.6 is 23.2 Å². The summed E-state index contributed by atoms with van der Waals surface area (Å²) in [6.07, 6.45) is -0.0503. The van der Waals surface area contributed by atoms with Crippen LogP contribution in [0.2, 0.25) is 10.0 Å². The zero-order chi connectivity index (χ0) is 14.7. The van der Waals surface area contributed by atoms with E-state index in [-0.39, 0.29) is 6.42 Å². The van der Waals surface area contributed by atoms with Crippen LogP contribution in [0.4, 0.5) is 0 Å². The first kappa shape index (κ1) is 14.7.